The highest BCUT2D eigenvalue weighted by Gasteiger charge is 2.11. The number of halogens is 3. The molecule has 0 N–H and O–H groups in total. The van der Waals surface area contributed by atoms with Crippen molar-refractivity contribution in [2.24, 2.45) is 4.99 Å². The lowest BCUT2D eigenvalue weighted by atomic mass is 10.2. The zero-order valence-corrected chi connectivity index (χ0v) is 11.7. The van der Waals surface area contributed by atoms with E-state index in [2.05, 4.69) is 4.99 Å². The molecule has 0 unspecified atom stereocenters. The summed E-state index contributed by atoms with van der Waals surface area (Å²) in [7, 11) is 0. The number of nitro groups is 1. The smallest absolute Gasteiger partial charge is 0.263 e. The zero-order chi connectivity index (χ0) is 15.6. The molecule has 2 aromatic rings. The average molecular weight is 328 g/mol. The lowest BCUT2D eigenvalue weighted by Crippen LogP contribution is -2.02. The first-order valence-corrected chi connectivity index (χ1v) is 6.28. The quantitative estimate of drug-likeness (QED) is 0.487. The molecule has 0 aromatic heterocycles. The summed E-state index contributed by atoms with van der Waals surface area (Å²) in [6.45, 7) is 0. The number of nitrogens with zero attached hydrogens (tertiary/aromatic N) is 2. The predicted octanol–water partition coefficient (Wildman–Crippen LogP) is 3.86. The van der Waals surface area contributed by atoms with E-state index in [1.54, 1.807) is 0 Å². The molecule has 2 aromatic carbocycles. The topological polar surface area (TPSA) is 78.6 Å². The van der Waals surface area contributed by atoms with Crippen molar-refractivity contribution in [1.29, 1.82) is 0 Å². The van der Waals surface area contributed by atoms with Crippen LogP contribution in [0.2, 0.25) is 10.0 Å². The first-order valence-electron chi connectivity index (χ1n) is 5.52. The molecular formula is C13H6Cl2FN2O3-. The molecule has 0 heterocycles. The molecule has 21 heavy (non-hydrogen) atoms. The van der Waals surface area contributed by atoms with Gasteiger partial charge in [-0.2, -0.15) is 0 Å². The summed E-state index contributed by atoms with van der Waals surface area (Å²) < 4.78 is 13.0. The van der Waals surface area contributed by atoms with E-state index in [1.165, 1.54) is 18.2 Å². The first-order chi connectivity index (χ1) is 9.88. The van der Waals surface area contributed by atoms with Crippen molar-refractivity contribution < 1.29 is 14.4 Å². The average Bonchev–Trinajstić information content (AvgIpc) is 2.42. The summed E-state index contributed by atoms with van der Waals surface area (Å²) in [5.74, 6) is -1.40. The van der Waals surface area contributed by atoms with Crippen LogP contribution in [0.4, 0.5) is 15.8 Å². The van der Waals surface area contributed by atoms with Crippen LogP contribution in [0.15, 0.2) is 35.3 Å². The third kappa shape index (κ3) is 3.48. The predicted molar refractivity (Wildman–Crippen MR) is 76.2 cm³/mol. The van der Waals surface area contributed by atoms with E-state index in [4.69, 9.17) is 23.2 Å². The van der Waals surface area contributed by atoms with Crippen LogP contribution < -0.4 is 5.11 Å². The number of benzene rings is 2. The number of hydrogen-bond donors (Lipinski definition) is 0. The van der Waals surface area contributed by atoms with Crippen molar-refractivity contribution in [3.05, 3.63) is 61.9 Å². The van der Waals surface area contributed by atoms with Crippen molar-refractivity contribution in [3.63, 3.8) is 0 Å². The highest BCUT2D eigenvalue weighted by Crippen LogP contribution is 2.30. The Kier molecular flexibility index (Phi) is 4.40. The molecule has 0 saturated heterocycles. The summed E-state index contributed by atoms with van der Waals surface area (Å²) in [5, 5.41) is 22.5. The Bertz CT molecular complexity index is 750. The standard InChI is InChI=1S/C13H7Cl2FN2O3/c14-8-3-7(13(19)12(4-8)18(20)21)6-17-9-1-2-11(16)10(15)5-9/h1-6,19H/p-1. The van der Waals surface area contributed by atoms with Crippen LogP contribution >= 0.6 is 23.2 Å². The molecule has 0 aliphatic heterocycles. The van der Waals surface area contributed by atoms with Crippen LogP contribution in [0.5, 0.6) is 5.75 Å². The Morgan fingerprint density at radius 1 is 1.24 bits per heavy atom. The second-order valence-corrected chi connectivity index (χ2v) is 4.80. The van der Waals surface area contributed by atoms with Crippen molar-refractivity contribution in [3.8, 4) is 5.75 Å². The molecule has 0 radical (unpaired) electrons. The van der Waals surface area contributed by atoms with Crippen LogP contribution in [0.1, 0.15) is 5.56 Å². The van der Waals surface area contributed by atoms with Gasteiger partial charge in [-0.25, -0.2) is 4.39 Å². The largest absolute Gasteiger partial charge is 0.867 e. The molecule has 0 saturated carbocycles. The molecule has 0 fully saturated rings. The summed E-state index contributed by atoms with van der Waals surface area (Å²) in [6.07, 6.45) is 1.12. The fourth-order valence-electron chi connectivity index (χ4n) is 1.54. The summed E-state index contributed by atoms with van der Waals surface area (Å²) in [4.78, 5) is 13.8. The third-order valence-electron chi connectivity index (χ3n) is 2.52. The SMILES string of the molecule is O=[N+]([O-])c1cc(Cl)cc(C=Nc2ccc(F)c(Cl)c2)c1[O-]. The van der Waals surface area contributed by atoms with Gasteiger partial charge in [0.05, 0.1) is 15.6 Å². The molecule has 8 heteroatoms. The Balaban J connectivity index is 2.41. The first kappa shape index (κ1) is 15.2. The lowest BCUT2D eigenvalue weighted by Gasteiger charge is -2.10. The third-order valence-corrected chi connectivity index (χ3v) is 3.02. The number of hydrogen-bond acceptors (Lipinski definition) is 4. The molecule has 0 aliphatic carbocycles. The number of aliphatic imine (C=N–C) groups is 1. The molecule has 0 bridgehead atoms. The van der Waals surface area contributed by atoms with Gasteiger partial charge >= 0.3 is 0 Å². The van der Waals surface area contributed by atoms with E-state index in [9.17, 15) is 19.6 Å². The lowest BCUT2D eigenvalue weighted by molar-refractivity contribution is -0.398. The van der Waals surface area contributed by atoms with Gasteiger partial charge in [0.25, 0.3) is 5.69 Å². The van der Waals surface area contributed by atoms with Gasteiger partial charge in [-0.3, -0.25) is 15.1 Å². The van der Waals surface area contributed by atoms with Gasteiger partial charge in [0.1, 0.15) is 5.82 Å². The van der Waals surface area contributed by atoms with E-state index in [0.29, 0.717) is 5.69 Å². The molecule has 0 spiro atoms. The van der Waals surface area contributed by atoms with Gasteiger partial charge in [0.15, 0.2) is 0 Å². The van der Waals surface area contributed by atoms with Gasteiger partial charge in [-0.05, 0) is 35.6 Å². The van der Waals surface area contributed by atoms with Crippen molar-refractivity contribution in [1.82, 2.24) is 0 Å². The minimum Gasteiger partial charge on any atom is -0.867 e. The van der Waals surface area contributed by atoms with Crippen molar-refractivity contribution in [2.75, 3.05) is 0 Å². The van der Waals surface area contributed by atoms with Crippen LogP contribution in [0.25, 0.3) is 0 Å². The normalized spacial score (nSPS) is 11.0. The van der Waals surface area contributed by atoms with E-state index in [-0.39, 0.29) is 15.6 Å². The van der Waals surface area contributed by atoms with Gasteiger partial charge < -0.3 is 5.11 Å². The van der Waals surface area contributed by atoms with Crippen molar-refractivity contribution in [2.45, 2.75) is 0 Å². The minimum absolute atomic E-state index is 0.0416. The van der Waals surface area contributed by atoms with Crippen LogP contribution in [-0.4, -0.2) is 11.1 Å². The van der Waals surface area contributed by atoms with E-state index < -0.39 is 22.2 Å². The molecule has 5 nitrogen and oxygen atoms in total. The minimum atomic E-state index is -0.819. The van der Waals surface area contributed by atoms with E-state index in [0.717, 1.165) is 18.3 Å². The summed E-state index contributed by atoms with van der Waals surface area (Å²) in [5.41, 5.74) is -0.390. The molecule has 108 valence electrons. The molecule has 0 amide bonds. The van der Waals surface area contributed by atoms with Gasteiger partial charge in [0, 0.05) is 17.3 Å². The van der Waals surface area contributed by atoms with E-state index >= 15 is 0 Å². The highest BCUT2D eigenvalue weighted by molar-refractivity contribution is 6.31. The van der Waals surface area contributed by atoms with Crippen molar-refractivity contribution >= 4 is 40.8 Å². The fourth-order valence-corrected chi connectivity index (χ4v) is 1.94. The second-order valence-electron chi connectivity index (χ2n) is 3.96. The van der Waals surface area contributed by atoms with Gasteiger partial charge in [-0.1, -0.05) is 23.2 Å². The number of rotatable bonds is 3. The van der Waals surface area contributed by atoms with Crippen LogP contribution in [-0.2, 0) is 0 Å². The fraction of sp³-hybridized carbons (Fsp3) is 0. The molecule has 2 rings (SSSR count). The highest BCUT2D eigenvalue weighted by atomic mass is 35.5. The Labute approximate surface area is 128 Å². The Hall–Kier alpha value is -2.18. The van der Waals surface area contributed by atoms with Gasteiger partial charge in [0.2, 0.25) is 0 Å². The maximum Gasteiger partial charge on any atom is 0.263 e. The summed E-state index contributed by atoms with van der Waals surface area (Å²) in [6, 6.07) is 5.95. The maximum atomic E-state index is 13.0. The second kappa shape index (κ2) is 6.07. The zero-order valence-electron chi connectivity index (χ0n) is 10.2. The maximum absolute atomic E-state index is 13.0. The number of nitro benzene ring substituents is 1. The van der Waals surface area contributed by atoms with Crippen LogP contribution in [0.3, 0.4) is 0 Å². The molecule has 0 aliphatic rings. The Morgan fingerprint density at radius 2 is 1.95 bits per heavy atom. The molecular weight excluding hydrogens is 322 g/mol. The monoisotopic (exact) mass is 327 g/mol. The van der Waals surface area contributed by atoms with Crippen LogP contribution in [0, 0.1) is 15.9 Å². The van der Waals surface area contributed by atoms with Gasteiger partial charge in [-0.15, -0.1) is 0 Å². The van der Waals surface area contributed by atoms with E-state index in [1.807, 2.05) is 0 Å². The Morgan fingerprint density at radius 3 is 2.57 bits per heavy atom. The molecule has 0 atom stereocenters. The summed E-state index contributed by atoms with van der Waals surface area (Å²) >= 11 is 11.3.